The number of fused-ring (bicyclic) bond motifs is 1. The molecule has 0 unspecified atom stereocenters. The van der Waals surface area contributed by atoms with E-state index < -0.39 is 0 Å². The molecule has 0 saturated heterocycles. The Morgan fingerprint density at radius 1 is 1.05 bits per heavy atom. The summed E-state index contributed by atoms with van der Waals surface area (Å²) in [5.74, 6) is -0.211. The first-order valence-electron chi connectivity index (χ1n) is 6.28. The molecular formula is C16H13ClO2. The van der Waals surface area contributed by atoms with Crippen molar-refractivity contribution in [2.45, 2.75) is 18.9 Å². The first-order valence-corrected chi connectivity index (χ1v) is 6.66. The Morgan fingerprint density at radius 2 is 1.79 bits per heavy atom. The quantitative estimate of drug-likeness (QED) is 0.784. The molecule has 0 aliphatic carbocycles. The van der Waals surface area contributed by atoms with E-state index in [-0.39, 0.29) is 12.1 Å². The highest BCUT2D eigenvalue weighted by molar-refractivity contribution is 6.30. The average Bonchev–Trinajstić information content (AvgIpc) is 2.76. The fraction of sp³-hybridized carbons (Fsp3) is 0.188. The van der Waals surface area contributed by atoms with E-state index in [1.54, 1.807) is 0 Å². The molecule has 0 N–H and O–H groups in total. The van der Waals surface area contributed by atoms with Crippen LogP contribution in [0.2, 0.25) is 5.02 Å². The van der Waals surface area contributed by atoms with E-state index in [1.807, 2.05) is 48.5 Å². The number of cyclic esters (lactones) is 1. The van der Waals surface area contributed by atoms with Crippen molar-refractivity contribution >= 4 is 17.6 Å². The fourth-order valence-electron chi connectivity index (χ4n) is 2.38. The van der Waals surface area contributed by atoms with Crippen LogP contribution < -0.4 is 0 Å². The SMILES string of the molecule is O=C1O[C@H](CCc2ccc(Cl)cc2)c2ccccc21. The predicted molar refractivity (Wildman–Crippen MR) is 74.4 cm³/mol. The highest BCUT2D eigenvalue weighted by atomic mass is 35.5. The Hall–Kier alpha value is -1.80. The van der Waals surface area contributed by atoms with Crippen molar-refractivity contribution in [1.29, 1.82) is 0 Å². The van der Waals surface area contributed by atoms with Crippen molar-refractivity contribution in [3.8, 4) is 0 Å². The molecule has 96 valence electrons. The highest BCUT2D eigenvalue weighted by Crippen LogP contribution is 2.33. The summed E-state index contributed by atoms with van der Waals surface area (Å²) in [6.45, 7) is 0. The molecule has 3 rings (SSSR count). The lowest BCUT2D eigenvalue weighted by atomic mass is 9.99. The third-order valence-corrected chi connectivity index (χ3v) is 3.64. The molecule has 0 amide bonds. The minimum Gasteiger partial charge on any atom is -0.454 e. The van der Waals surface area contributed by atoms with Gasteiger partial charge in [-0.1, -0.05) is 41.9 Å². The van der Waals surface area contributed by atoms with Crippen LogP contribution in [0.25, 0.3) is 0 Å². The molecule has 1 atom stereocenters. The van der Waals surface area contributed by atoms with Crippen LogP contribution in [0.4, 0.5) is 0 Å². The second-order valence-corrected chi connectivity index (χ2v) is 5.08. The maximum atomic E-state index is 11.7. The van der Waals surface area contributed by atoms with Crippen LogP contribution in [0, 0.1) is 0 Å². The smallest absolute Gasteiger partial charge is 0.339 e. The molecule has 2 nitrogen and oxygen atoms in total. The molecule has 0 bridgehead atoms. The lowest BCUT2D eigenvalue weighted by molar-refractivity contribution is 0.0369. The zero-order valence-corrected chi connectivity index (χ0v) is 11.1. The third-order valence-electron chi connectivity index (χ3n) is 3.39. The van der Waals surface area contributed by atoms with Gasteiger partial charge < -0.3 is 4.74 Å². The Balaban J connectivity index is 1.72. The average molecular weight is 273 g/mol. The number of carbonyl (C=O) groups excluding carboxylic acids is 1. The minimum absolute atomic E-state index is 0.126. The predicted octanol–water partition coefficient (Wildman–Crippen LogP) is 4.18. The van der Waals surface area contributed by atoms with Gasteiger partial charge in [-0.2, -0.15) is 0 Å². The second-order valence-electron chi connectivity index (χ2n) is 4.65. The maximum absolute atomic E-state index is 11.7. The highest BCUT2D eigenvalue weighted by Gasteiger charge is 2.29. The van der Waals surface area contributed by atoms with Gasteiger partial charge in [-0.15, -0.1) is 0 Å². The van der Waals surface area contributed by atoms with Gasteiger partial charge in [0.2, 0.25) is 0 Å². The van der Waals surface area contributed by atoms with E-state index in [0.29, 0.717) is 5.56 Å². The van der Waals surface area contributed by atoms with Gasteiger partial charge in [-0.25, -0.2) is 4.79 Å². The molecule has 1 heterocycles. The fourth-order valence-corrected chi connectivity index (χ4v) is 2.51. The first kappa shape index (κ1) is 12.2. The number of esters is 1. The van der Waals surface area contributed by atoms with Crippen LogP contribution in [0.5, 0.6) is 0 Å². The molecular weight excluding hydrogens is 260 g/mol. The van der Waals surface area contributed by atoms with Gasteiger partial charge in [0.1, 0.15) is 6.10 Å². The van der Waals surface area contributed by atoms with Crippen LogP contribution in [0.3, 0.4) is 0 Å². The van der Waals surface area contributed by atoms with Gasteiger partial charge in [0.25, 0.3) is 0 Å². The molecule has 1 aliphatic rings. The van der Waals surface area contributed by atoms with Gasteiger partial charge in [-0.3, -0.25) is 0 Å². The Kier molecular flexibility index (Phi) is 3.26. The van der Waals surface area contributed by atoms with Crippen molar-refractivity contribution in [3.63, 3.8) is 0 Å². The van der Waals surface area contributed by atoms with Crippen LogP contribution >= 0.6 is 11.6 Å². The molecule has 2 aromatic carbocycles. The van der Waals surface area contributed by atoms with Gasteiger partial charge in [0.15, 0.2) is 0 Å². The third kappa shape index (κ3) is 2.49. The summed E-state index contributed by atoms with van der Waals surface area (Å²) < 4.78 is 5.41. The summed E-state index contributed by atoms with van der Waals surface area (Å²) in [4.78, 5) is 11.7. The van der Waals surface area contributed by atoms with Crippen molar-refractivity contribution in [2.24, 2.45) is 0 Å². The van der Waals surface area contributed by atoms with E-state index in [1.165, 1.54) is 5.56 Å². The van der Waals surface area contributed by atoms with Crippen LogP contribution in [0.15, 0.2) is 48.5 Å². The van der Waals surface area contributed by atoms with E-state index in [2.05, 4.69) is 0 Å². The zero-order valence-electron chi connectivity index (χ0n) is 10.3. The topological polar surface area (TPSA) is 26.3 Å². The van der Waals surface area contributed by atoms with Gasteiger partial charge in [0, 0.05) is 10.6 Å². The number of carbonyl (C=O) groups is 1. The summed E-state index contributed by atoms with van der Waals surface area (Å²) in [6.07, 6.45) is 1.53. The normalized spacial score (nSPS) is 17.1. The van der Waals surface area contributed by atoms with E-state index >= 15 is 0 Å². The van der Waals surface area contributed by atoms with Crippen LogP contribution in [-0.4, -0.2) is 5.97 Å². The molecule has 0 aromatic heterocycles. The monoisotopic (exact) mass is 272 g/mol. The molecule has 2 aromatic rings. The maximum Gasteiger partial charge on any atom is 0.339 e. The van der Waals surface area contributed by atoms with Crippen molar-refractivity contribution in [1.82, 2.24) is 0 Å². The van der Waals surface area contributed by atoms with Crippen LogP contribution in [-0.2, 0) is 11.2 Å². The lowest BCUT2D eigenvalue weighted by Crippen LogP contribution is -2.00. The lowest BCUT2D eigenvalue weighted by Gasteiger charge is -2.10. The molecule has 0 radical (unpaired) electrons. The largest absolute Gasteiger partial charge is 0.454 e. The Labute approximate surface area is 117 Å². The molecule has 0 spiro atoms. The number of hydrogen-bond donors (Lipinski definition) is 0. The van der Waals surface area contributed by atoms with E-state index in [4.69, 9.17) is 16.3 Å². The molecule has 19 heavy (non-hydrogen) atoms. The molecule has 0 fully saturated rings. The van der Waals surface area contributed by atoms with Gasteiger partial charge in [-0.05, 0) is 36.6 Å². The molecule has 1 aliphatic heterocycles. The molecule has 0 saturated carbocycles. The van der Waals surface area contributed by atoms with Gasteiger partial charge in [0.05, 0.1) is 5.56 Å². The number of ether oxygens (including phenoxy) is 1. The summed E-state index contributed by atoms with van der Waals surface area (Å²) in [5.41, 5.74) is 2.90. The summed E-state index contributed by atoms with van der Waals surface area (Å²) in [6, 6.07) is 15.4. The number of halogens is 1. The summed E-state index contributed by atoms with van der Waals surface area (Å²) in [5, 5.41) is 0.737. The molecule has 3 heteroatoms. The minimum atomic E-state index is -0.211. The van der Waals surface area contributed by atoms with Crippen LogP contribution in [0.1, 0.15) is 34.0 Å². The van der Waals surface area contributed by atoms with Crippen molar-refractivity contribution in [3.05, 3.63) is 70.2 Å². The number of rotatable bonds is 3. The van der Waals surface area contributed by atoms with Crippen molar-refractivity contribution < 1.29 is 9.53 Å². The standard InChI is InChI=1S/C16H13ClO2/c17-12-8-5-11(6-9-12)7-10-15-13-3-1-2-4-14(13)16(18)19-15/h1-6,8-9,15H,7,10H2/t15-/m1/s1. The zero-order chi connectivity index (χ0) is 13.2. The summed E-state index contributed by atoms with van der Waals surface area (Å²) >= 11 is 5.86. The second kappa shape index (κ2) is 5.06. The Bertz CT molecular complexity index is 604. The summed E-state index contributed by atoms with van der Waals surface area (Å²) in [7, 11) is 0. The Morgan fingerprint density at radius 3 is 2.58 bits per heavy atom. The number of aryl methyl sites for hydroxylation is 1. The number of hydrogen-bond acceptors (Lipinski definition) is 2. The van der Waals surface area contributed by atoms with E-state index in [0.717, 1.165) is 23.4 Å². The van der Waals surface area contributed by atoms with E-state index in [9.17, 15) is 4.79 Å². The van der Waals surface area contributed by atoms with Gasteiger partial charge >= 0.3 is 5.97 Å². The van der Waals surface area contributed by atoms with Crippen molar-refractivity contribution in [2.75, 3.05) is 0 Å². The first-order chi connectivity index (χ1) is 9.24. The number of benzene rings is 2.